The second-order valence-corrected chi connectivity index (χ2v) is 6.92. The van der Waals surface area contributed by atoms with E-state index < -0.39 is 11.2 Å². The molecule has 2 N–H and O–H groups in total. The van der Waals surface area contributed by atoms with Crippen LogP contribution in [-0.4, -0.2) is 30.3 Å². The Bertz CT molecular complexity index is 475. The van der Waals surface area contributed by atoms with Gasteiger partial charge in [0.25, 0.3) is 7.48 Å². The van der Waals surface area contributed by atoms with Crippen LogP contribution in [-0.2, 0) is 11.1 Å². The van der Waals surface area contributed by atoms with Gasteiger partial charge in [-0.2, -0.15) is 0 Å². The van der Waals surface area contributed by atoms with Gasteiger partial charge >= 0.3 is 0 Å². The molecule has 0 saturated carbocycles. The van der Waals surface area contributed by atoms with Crippen molar-refractivity contribution in [2.75, 3.05) is 6.54 Å². The SMILES string of the molecule is CCCN/C=C\c1ccc(CC[B]OC(C)(C)C(C)(C)O)cc1. The Hall–Kier alpha value is -1.26. The molecule has 0 heterocycles. The standard InChI is InChI=1S/C19H31BNO2/c1-6-14-21-15-12-17-9-7-16(8-10-17)11-13-20-23-19(4,5)18(2,3)22/h7-10,12,15,21-22H,6,11,13-14H2,1-5H3/b15-12-. The van der Waals surface area contributed by atoms with Crippen molar-refractivity contribution in [1.82, 2.24) is 5.32 Å². The largest absolute Gasteiger partial charge is 0.433 e. The maximum Gasteiger partial charge on any atom is 0.293 e. The van der Waals surface area contributed by atoms with Gasteiger partial charge in [0.1, 0.15) is 0 Å². The van der Waals surface area contributed by atoms with Crippen LogP contribution >= 0.6 is 0 Å². The lowest BCUT2D eigenvalue weighted by Crippen LogP contribution is -2.48. The highest BCUT2D eigenvalue weighted by atomic mass is 16.5. The first-order chi connectivity index (χ1) is 10.8. The Morgan fingerprint density at radius 1 is 1.17 bits per heavy atom. The topological polar surface area (TPSA) is 41.5 Å². The third-order valence-electron chi connectivity index (χ3n) is 4.17. The van der Waals surface area contributed by atoms with Crippen LogP contribution in [0.3, 0.4) is 0 Å². The first kappa shape index (κ1) is 19.8. The Morgan fingerprint density at radius 2 is 1.83 bits per heavy atom. The zero-order chi connectivity index (χ0) is 17.3. The quantitative estimate of drug-likeness (QED) is 0.509. The molecule has 1 aromatic rings. The second kappa shape index (κ2) is 9.14. The molecule has 0 aliphatic carbocycles. The molecule has 1 radical (unpaired) electrons. The van der Waals surface area contributed by atoms with Crippen LogP contribution in [0.4, 0.5) is 0 Å². The number of rotatable bonds is 10. The minimum Gasteiger partial charge on any atom is -0.433 e. The molecule has 0 bridgehead atoms. The number of hydrogen-bond donors (Lipinski definition) is 2. The fourth-order valence-corrected chi connectivity index (χ4v) is 1.82. The summed E-state index contributed by atoms with van der Waals surface area (Å²) in [5.41, 5.74) is 1.02. The summed E-state index contributed by atoms with van der Waals surface area (Å²) in [6, 6.07) is 8.55. The van der Waals surface area contributed by atoms with Crippen molar-refractivity contribution in [3.05, 3.63) is 41.6 Å². The van der Waals surface area contributed by atoms with Crippen molar-refractivity contribution >= 4 is 13.6 Å². The minimum atomic E-state index is -0.872. The Labute approximate surface area is 142 Å². The number of aliphatic hydroxyl groups is 1. The van der Waals surface area contributed by atoms with Gasteiger partial charge in [-0.15, -0.1) is 0 Å². The number of hydrogen-bond acceptors (Lipinski definition) is 3. The van der Waals surface area contributed by atoms with Gasteiger partial charge in [0.05, 0.1) is 11.2 Å². The normalized spacial score (nSPS) is 12.6. The van der Waals surface area contributed by atoms with Crippen molar-refractivity contribution in [3.63, 3.8) is 0 Å². The average molecular weight is 316 g/mol. The average Bonchev–Trinajstić information content (AvgIpc) is 2.48. The molecule has 0 amide bonds. The molecule has 0 unspecified atom stereocenters. The van der Waals surface area contributed by atoms with Crippen LogP contribution in [0.15, 0.2) is 30.5 Å². The third kappa shape index (κ3) is 7.23. The van der Waals surface area contributed by atoms with Crippen LogP contribution in [0.5, 0.6) is 0 Å². The summed E-state index contributed by atoms with van der Waals surface area (Å²) in [6.07, 6.45) is 6.97. The summed E-state index contributed by atoms with van der Waals surface area (Å²) in [5.74, 6) is 0. The highest BCUT2D eigenvalue weighted by Gasteiger charge is 2.35. The van der Waals surface area contributed by atoms with Crippen molar-refractivity contribution in [1.29, 1.82) is 0 Å². The molecule has 127 valence electrons. The lowest BCUT2D eigenvalue weighted by molar-refractivity contribution is -0.0903. The lowest BCUT2D eigenvalue weighted by Gasteiger charge is -2.37. The molecule has 0 aliphatic rings. The highest BCUT2D eigenvalue weighted by Crippen LogP contribution is 2.24. The van der Waals surface area contributed by atoms with Gasteiger partial charge in [0, 0.05) is 6.54 Å². The van der Waals surface area contributed by atoms with Gasteiger partial charge in [-0.3, -0.25) is 0 Å². The predicted octanol–water partition coefficient (Wildman–Crippen LogP) is 3.80. The first-order valence-electron chi connectivity index (χ1n) is 8.47. The smallest absolute Gasteiger partial charge is 0.293 e. The lowest BCUT2D eigenvalue weighted by atomic mass is 9.84. The number of aryl methyl sites for hydroxylation is 1. The van der Waals surface area contributed by atoms with E-state index in [4.69, 9.17) is 4.65 Å². The van der Waals surface area contributed by atoms with E-state index in [1.54, 1.807) is 21.3 Å². The molecule has 0 aliphatic heterocycles. The van der Waals surface area contributed by atoms with Crippen LogP contribution in [0.25, 0.3) is 6.08 Å². The van der Waals surface area contributed by atoms with Gasteiger partial charge in [-0.1, -0.05) is 31.2 Å². The van der Waals surface area contributed by atoms with Crippen molar-refractivity contribution in [3.8, 4) is 0 Å². The van der Waals surface area contributed by atoms with E-state index in [2.05, 4.69) is 42.6 Å². The highest BCUT2D eigenvalue weighted by molar-refractivity contribution is 6.27. The Kier molecular flexibility index (Phi) is 7.87. The molecule has 0 spiro atoms. The van der Waals surface area contributed by atoms with E-state index in [0.717, 1.165) is 25.7 Å². The fourth-order valence-electron chi connectivity index (χ4n) is 1.82. The van der Waals surface area contributed by atoms with Crippen LogP contribution in [0.2, 0.25) is 6.32 Å². The molecule has 0 saturated heterocycles. The minimum absolute atomic E-state index is 0.590. The van der Waals surface area contributed by atoms with Crippen molar-refractivity contribution in [2.24, 2.45) is 0 Å². The van der Waals surface area contributed by atoms with E-state index in [1.807, 2.05) is 20.0 Å². The van der Waals surface area contributed by atoms with E-state index in [-0.39, 0.29) is 0 Å². The van der Waals surface area contributed by atoms with Gasteiger partial charge in [0.2, 0.25) is 0 Å². The molecule has 0 aromatic heterocycles. The predicted molar refractivity (Wildman–Crippen MR) is 99.5 cm³/mol. The first-order valence-corrected chi connectivity index (χ1v) is 8.47. The zero-order valence-corrected chi connectivity index (χ0v) is 15.2. The molecule has 0 atom stereocenters. The third-order valence-corrected chi connectivity index (χ3v) is 4.17. The fraction of sp³-hybridized carbons (Fsp3) is 0.579. The summed E-state index contributed by atoms with van der Waals surface area (Å²) >= 11 is 0. The van der Waals surface area contributed by atoms with Gasteiger partial charge in [-0.25, -0.2) is 0 Å². The van der Waals surface area contributed by atoms with Crippen LogP contribution < -0.4 is 5.32 Å². The van der Waals surface area contributed by atoms with E-state index in [1.165, 1.54) is 11.1 Å². The molecule has 0 fully saturated rings. The molecule has 23 heavy (non-hydrogen) atoms. The molecule has 1 rings (SSSR count). The summed E-state index contributed by atoms with van der Waals surface area (Å²) in [6.45, 7) is 10.5. The second-order valence-electron chi connectivity index (χ2n) is 6.92. The monoisotopic (exact) mass is 316 g/mol. The maximum atomic E-state index is 10.0. The molecular weight excluding hydrogens is 285 g/mol. The summed E-state index contributed by atoms with van der Waals surface area (Å²) in [4.78, 5) is 0. The molecule has 4 heteroatoms. The number of nitrogens with one attached hydrogen (secondary N) is 1. The molecular formula is C19H31BNO2. The maximum absolute atomic E-state index is 10.0. The van der Waals surface area contributed by atoms with Gasteiger partial charge in [0.15, 0.2) is 0 Å². The molecule has 3 nitrogen and oxygen atoms in total. The summed E-state index contributed by atoms with van der Waals surface area (Å²) in [7, 11) is 1.81. The summed E-state index contributed by atoms with van der Waals surface area (Å²) < 4.78 is 5.72. The molecule has 1 aromatic carbocycles. The zero-order valence-electron chi connectivity index (χ0n) is 15.2. The van der Waals surface area contributed by atoms with E-state index in [9.17, 15) is 5.11 Å². The van der Waals surface area contributed by atoms with E-state index >= 15 is 0 Å². The Morgan fingerprint density at radius 3 is 2.39 bits per heavy atom. The Balaban J connectivity index is 2.35. The van der Waals surface area contributed by atoms with Gasteiger partial charge < -0.3 is 15.1 Å². The number of benzene rings is 1. The van der Waals surface area contributed by atoms with Gasteiger partial charge in [-0.05, 0) is 70.3 Å². The van der Waals surface area contributed by atoms with Crippen LogP contribution in [0.1, 0.15) is 52.2 Å². The van der Waals surface area contributed by atoms with Crippen LogP contribution in [0, 0.1) is 0 Å². The van der Waals surface area contributed by atoms with E-state index in [0.29, 0.717) is 0 Å². The summed E-state index contributed by atoms with van der Waals surface area (Å²) in [5, 5.41) is 13.3. The van der Waals surface area contributed by atoms with Crippen molar-refractivity contribution in [2.45, 2.75) is 65.0 Å². The van der Waals surface area contributed by atoms with Crippen molar-refractivity contribution < 1.29 is 9.76 Å².